The van der Waals surface area contributed by atoms with Crippen LogP contribution in [0.15, 0.2) is 22.7 Å². The first-order valence-electron chi connectivity index (χ1n) is 6.06. The van der Waals surface area contributed by atoms with Crippen LogP contribution in [0.1, 0.15) is 37.7 Å². The van der Waals surface area contributed by atoms with Crippen molar-refractivity contribution >= 4 is 22.2 Å². The molecule has 3 heteroatoms. The van der Waals surface area contributed by atoms with Crippen LogP contribution in [0.25, 0.3) is 0 Å². The number of benzene rings is 1. The molecule has 0 radical (unpaired) electrons. The second kappa shape index (κ2) is 5.67. The van der Waals surface area contributed by atoms with Crippen LogP contribution in [0.4, 0.5) is 0 Å². The number of hydrogen-bond acceptors (Lipinski definition) is 2. The normalized spacial score (nSPS) is 16.6. The van der Waals surface area contributed by atoms with E-state index in [9.17, 15) is 4.79 Å². The Kier molecular flexibility index (Phi) is 4.21. The van der Waals surface area contributed by atoms with E-state index in [0.29, 0.717) is 6.42 Å². The molecule has 17 heavy (non-hydrogen) atoms. The lowest BCUT2D eigenvalue weighted by Crippen LogP contribution is -2.01. The van der Waals surface area contributed by atoms with E-state index in [1.54, 1.807) is 0 Å². The van der Waals surface area contributed by atoms with Crippen molar-refractivity contribution in [3.8, 4) is 5.75 Å². The number of carbonyl (C=O) groups excluding carboxylic acids is 1. The fraction of sp³-hybridized carbons (Fsp3) is 0.500. The van der Waals surface area contributed by atoms with Crippen molar-refractivity contribution in [2.45, 2.75) is 32.1 Å². The highest BCUT2D eigenvalue weighted by molar-refractivity contribution is 9.10. The molecule has 0 amide bonds. The van der Waals surface area contributed by atoms with Gasteiger partial charge in [-0.05, 0) is 48.4 Å². The van der Waals surface area contributed by atoms with Crippen LogP contribution in [0.2, 0.25) is 0 Å². The minimum Gasteiger partial charge on any atom is -0.493 e. The van der Waals surface area contributed by atoms with Crippen molar-refractivity contribution in [3.05, 3.63) is 28.2 Å². The van der Waals surface area contributed by atoms with Crippen molar-refractivity contribution in [1.29, 1.82) is 0 Å². The number of ether oxygens (including phenoxy) is 1. The molecule has 0 aliphatic heterocycles. The third-order valence-electron chi connectivity index (χ3n) is 3.10. The standard InChI is InChI=1S/C14H17BrO2/c1-10(4-5-16)12-6-13(15)8-14(7-12)17-9-11-2-3-11/h5-8,10-11H,2-4,9H2,1H3. The van der Waals surface area contributed by atoms with Gasteiger partial charge in [-0.1, -0.05) is 22.9 Å². The van der Waals surface area contributed by atoms with E-state index in [4.69, 9.17) is 4.74 Å². The summed E-state index contributed by atoms with van der Waals surface area (Å²) in [5, 5.41) is 0. The molecule has 0 spiro atoms. The molecule has 1 aliphatic rings. The Bertz CT molecular complexity index is 399. The number of aldehydes is 1. The van der Waals surface area contributed by atoms with Gasteiger partial charge in [0.05, 0.1) is 6.61 Å². The zero-order valence-corrected chi connectivity index (χ0v) is 11.6. The van der Waals surface area contributed by atoms with Gasteiger partial charge < -0.3 is 9.53 Å². The topological polar surface area (TPSA) is 26.3 Å². The fourth-order valence-electron chi connectivity index (χ4n) is 1.73. The molecule has 92 valence electrons. The average Bonchev–Trinajstić information content (AvgIpc) is 3.10. The Hall–Kier alpha value is -0.830. The number of halogens is 1. The van der Waals surface area contributed by atoms with Crippen molar-refractivity contribution < 1.29 is 9.53 Å². The number of hydrogen-bond donors (Lipinski definition) is 0. The Morgan fingerprint density at radius 2 is 2.24 bits per heavy atom. The summed E-state index contributed by atoms with van der Waals surface area (Å²) in [6, 6.07) is 6.08. The summed E-state index contributed by atoms with van der Waals surface area (Å²) in [7, 11) is 0. The first kappa shape index (κ1) is 12.6. The number of rotatable bonds is 6. The molecular weight excluding hydrogens is 280 g/mol. The molecule has 1 atom stereocenters. The lowest BCUT2D eigenvalue weighted by Gasteiger charge is -2.12. The van der Waals surface area contributed by atoms with E-state index in [0.717, 1.165) is 34.6 Å². The minimum absolute atomic E-state index is 0.244. The summed E-state index contributed by atoms with van der Waals surface area (Å²) in [4.78, 5) is 10.5. The lowest BCUT2D eigenvalue weighted by molar-refractivity contribution is -0.108. The Morgan fingerprint density at radius 1 is 1.47 bits per heavy atom. The lowest BCUT2D eigenvalue weighted by atomic mass is 9.98. The van der Waals surface area contributed by atoms with Gasteiger partial charge in [-0.15, -0.1) is 0 Å². The van der Waals surface area contributed by atoms with Gasteiger partial charge in [-0.2, -0.15) is 0 Å². The van der Waals surface area contributed by atoms with Crippen LogP contribution in [0.3, 0.4) is 0 Å². The van der Waals surface area contributed by atoms with Crippen molar-refractivity contribution in [3.63, 3.8) is 0 Å². The maximum Gasteiger partial charge on any atom is 0.120 e. The van der Waals surface area contributed by atoms with Gasteiger partial charge in [-0.25, -0.2) is 0 Å². The molecule has 2 rings (SSSR count). The molecule has 0 saturated heterocycles. The third kappa shape index (κ3) is 3.84. The van der Waals surface area contributed by atoms with Crippen molar-refractivity contribution in [1.82, 2.24) is 0 Å². The van der Waals surface area contributed by atoms with Gasteiger partial charge in [-0.3, -0.25) is 0 Å². The minimum atomic E-state index is 0.244. The number of carbonyl (C=O) groups is 1. The van der Waals surface area contributed by atoms with Crippen LogP contribution in [0, 0.1) is 5.92 Å². The SMILES string of the molecule is CC(CC=O)c1cc(Br)cc(OCC2CC2)c1. The average molecular weight is 297 g/mol. The van der Waals surface area contributed by atoms with E-state index in [1.165, 1.54) is 12.8 Å². The predicted molar refractivity (Wildman–Crippen MR) is 71.5 cm³/mol. The van der Waals surface area contributed by atoms with Crippen LogP contribution < -0.4 is 4.74 Å². The molecule has 2 nitrogen and oxygen atoms in total. The maximum atomic E-state index is 10.5. The second-order valence-corrected chi connectivity index (χ2v) is 5.69. The maximum absolute atomic E-state index is 10.5. The summed E-state index contributed by atoms with van der Waals surface area (Å²) in [5.41, 5.74) is 1.15. The van der Waals surface area contributed by atoms with Gasteiger partial charge in [0, 0.05) is 10.9 Å². The van der Waals surface area contributed by atoms with Gasteiger partial charge in [0.1, 0.15) is 12.0 Å². The molecule has 0 heterocycles. The first-order chi connectivity index (χ1) is 8.19. The van der Waals surface area contributed by atoms with Gasteiger partial charge >= 0.3 is 0 Å². The van der Waals surface area contributed by atoms with Crippen LogP contribution in [-0.4, -0.2) is 12.9 Å². The van der Waals surface area contributed by atoms with Crippen molar-refractivity contribution in [2.24, 2.45) is 5.92 Å². The molecule has 1 fully saturated rings. The smallest absolute Gasteiger partial charge is 0.120 e. The quantitative estimate of drug-likeness (QED) is 0.744. The highest BCUT2D eigenvalue weighted by Crippen LogP contribution is 2.32. The highest BCUT2D eigenvalue weighted by atomic mass is 79.9. The van der Waals surface area contributed by atoms with Crippen LogP contribution >= 0.6 is 15.9 Å². The van der Waals surface area contributed by atoms with Crippen LogP contribution in [-0.2, 0) is 4.79 Å². The van der Waals surface area contributed by atoms with Gasteiger partial charge in [0.25, 0.3) is 0 Å². The fourth-order valence-corrected chi connectivity index (χ4v) is 2.22. The zero-order chi connectivity index (χ0) is 12.3. The Balaban J connectivity index is 2.06. The third-order valence-corrected chi connectivity index (χ3v) is 3.55. The predicted octanol–water partition coefficient (Wildman–Crippen LogP) is 3.93. The molecule has 0 N–H and O–H groups in total. The molecule has 1 aromatic rings. The zero-order valence-electron chi connectivity index (χ0n) is 9.99. The molecule has 0 bridgehead atoms. The summed E-state index contributed by atoms with van der Waals surface area (Å²) in [5.74, 6) is 1.90. The van der Waals surface area contributed by atoms with E-state index in [1.807, 2.05) is 12.1 Å². The summed E-state index contributed by atoms with van der Waals surface area (Å²) in [6.45, 7) is 2.87. The summed E-state index contributed by atoms with van der Waals surface area (Å²) < 4.78 is 6.77. The highest BCUT2D eigenvalue weighted by Gasteiger charge is 2.22. The van der Waals surface area contributed by atoms with Crippen LogP contribution in [0.5, 0.6) is 5.75 Å². The van der Waals surface area contributed by atoms with E-state index < -0.39 is 0 Å². The molecular formula is C14H17BrO2. The molecule has 1 saturated carbocycles. The monoisotopic (exact) mass is 296 g/mol. The first-order valence-corrected chi connectivity index (χ1v) is 6.85. The molecule has 0 aromatic heterocycles. The van der Waals surface area contributed by atoms with Crippen molar-refractivity contribution in [2.75, 3.05) is 6.61 Å². The Morgan fingerprint density at radius 3 is 2.88 bits per heavy atom. The van der Waals surface area contributed by atoms with E-state index >= 15 is 0 Å². The Labute approximate surface area is 110 Å². The van der Waals surface area contributed by atoms with E-state index in [2.05, 4.69) is 28.9 Å². The van der Waals surface area contributed by atoms with E-state index in [-0.39, 0.29) is 5.92 Å². The molecule has 1 unspecified atom stereocenters. The molecule has 1 aromatic carbocycles. The summed E-state index contributed by atoms with van der Waals surface area (Å²) in [6.07, 6.45) is 4.11. The van der Waals surface area contributed by atoms with Gasteiger partial charge in [0.15, 0.2) is 0 Å². The molecule has 1 aliphatic carbocycles. The summed E-state index contributed by atoms with van der Waals surface area (Å²) >= 11 is 3.49. The largest absolute Gasteiger partial charge is 0.493 e. The van der Waals surface area contributed by atoms with Gasteiger partial charge in [0.2, 0.25) is 0 Å². The second-order valence-electron chi connectivity index (χ2n) is 4.78.